The van der Waals surface area contributed by atoms with E-state index < -0.39 is 0 Å². The number of nitrogens with two attached hydrogens (primary N) is 1. The van der Waals surface area contributed by atoms with Gasteiger partial charge in [0.05, 0.1) is 5.69 Å². The number of hydrogen-bond donors (Lipinski definition) is 1. The Morgan fingerprint density at radius 3 is 2.68 bits per heavy atom. The molecule has 0 fully saturated rings. The van der Waals surface area contributed by atoms with Crippen molar-refractivity contribution >= 4 is 17.0 Å². The molecule has 1 aromatic carbocycles. The highest BCUT2D eigenvalue weighted by Gasteiger charge is 2.20. The Kier molecular flexibility index (Phi) is 3.29. The van der Waals surface area contributed by atoms with Crippen LogP contribution >= 0.6 is 11.3 Å². The van der Waals surface area contributed by atoms with Crippen molar-refractivity contribution in [1.82, 2.24) is 4.98 Å². The summed E-state index contributed by atoms with van der Waals surface area (Å²) >= 11 is 1.80. The summed E-state index contributed by atoms with van der Waals surface area (Å²) in [4.78, 5) is 8.27. The minimum absolute atomic E-state index is 0.317. The average Bonchev–Trinajstić information content (AvgIpc) is 2.81. The van der Waals surface area contributed by atoms with E-state index in [1.54, 1.807) is 11.3 Å². The molecule has 0 spiro atoms. The molecule has 0 radical (unpaired) electrons. The highest BCUT2D eigenvalue weighted by molar-refractivity contribution is 7.15. The third kappa shape index (κ3) is 2.51. The Bertz CT molecular complexity index is 572. The number of anilines is 1. The number of fused-ring (bicyclic) bond motifs is 1. The lowest BCUT2D eigenvalue weighted by molar-refractivity contribution is 0.576. The van der Waals surface area contributed by atoms with Crippen molar-refractivity contribution in [3.8, 4) is 10.6 Å². The normalized spacial score (nSPS) is 18.2. The number of aryl methyl sites for hydroxylation is 1. The lowest BCUT2D eigenvalue weighted by Crippen LogP contribution is -2.26. The molecule has 2 aromatic rings. The van der Waals surface area contributed by atoms with Crippen LogP contribution in [0, 0.1) is 0 Å². The van der Waals surface area contributed by atoms with Gasteiger partial charge in [-0.25, -0.2) is 4.98 Å². The van der Waals surface area contributed by atoms with Gasteiger partial charge in [-0.05, 0) is 43.5 Å². The van der Waals surface area contributed by atoms with Crippen molar-refractivity contribution in [1.29, 1.82) is 0 Å². The van der Waals surface area contributed by atoms with Gasteiger partial charge >= 0.3 is 0 Å². The summed E-state index contributed by atoms with van der Waals surface area (Å²) in [6, 6.07) is 8.90. The van der Waals surface area contributed by atoms with Gasteiger partial charge in [0, 0.05) is 36.3 Å². The monoisotopic (exact) mass is 273 g/mol. The number of aromatic nitrogens is 1. The molecular weight excluding hydrogens is 254 g/mol. The molecule has 0 saturated carbocycles. The maximum Gasteiger partial charge on any atom is 0.123 e. The summed E-state index contributed by atoms with van der Waals surface area (Å²) < 4.78 is 0. The molecule has 3 rings (SSSR count). The fourth-order valence-corrected chi connectivity index (χ4v) is 3.63. The fraction of sp³-hybridized carbons (Fsp3) is 0.400. The molecule has 0 aliphatic heterocycles. The average molecular weight is 273 g/mol. The zero-order valence-corrected chi connectivity index (χ0v) is 12.2. The number of thiazole rings is 1. The summed E-state index contributed by atoms with van der Waals surface area (Å²) in [6.45, 7) is 0. The van der Waals surface area contributed by atoms with Gasteiger partial charge in [-0.2, -0.15) is 0 Å². The van der Waals surface area contributed by atoms with E-state index in [4.69, 9.17) is 10.7 Å². The van der Waals surface area contributed by atoms with Crippen LogP contribution in [0.2, 0.25) is 0 Å². The number of hydrogen-bond acceptors (Lipinski definition) is 4. The van der Waals surface area contributed by atoms with Crippen LogP contribution in [0.15, 0.2) is 24.3 Å². The Labute approximate surface area is 118 Å². The highest BCUT2D eigenvalue weighted by Crippen LogP contribution is 2.32. The molecule has 2 N–H and O–H groups in total. The molecule has 0 amide bonds. The maximum absolute atomic E-state index is 6.02. The van der Waals surface area contributed by atoms with E-state index in [2.05, 4.69) is 43.3 Å². The molecule has 3 nitrogen and oxygen atoms in total. The van der Waals surface area contributed by atoms with Crippen molar-refractivity contribution in [2.45, 2.75) is 25.3 Å². The van der Waals surface area contributed by atoms with Gasteiger partial charge < -0.3 is 10.6 Å². The van der Waals surface area contributed by atoms with E-state index in [1.165, 1.54) is 21.8 Å². The number of rotatable bonds is 2. The Hall–Kier alpha value is -1.39. The third-order valence-electron chi connectivity index (χ3n) is 3.61. The topological polar surface area (TPSA) is 42.2 Å². The second kappa shape index (κ2) is 4.94. The van der Waals surface area contributed by atoms with Gasteiger partial charge in [-0.3, -0.25) is 0 Å². The first kappa shape index (κ1) is 12.6. The van der Waals surface area contributed by atoms with Crippen LogP contribution in [0.1, 0.15) is 17.0 Å². The van der Waals surface area contributed by atoms with Crippen molar-refractivity contribution in [3.05, 3.63) is 34.8 Å². The number of benzene rings is 1. The van der Waals surface area contributed by atoms with E-state index in [-0.39, 0.29) is 0 Å². The summed E-state index contributed by atoms with van der Waals surface area (Å²) in [5.74, 6) is 0. The second-order valence-electron chi connectivity index (χ2n) is 5.33. The van der Waals surface area contributed by atoms with E-state index in [0.29, 0.717) is 6.04 Å². The van der Waals surface area contributed by atoms with Gasteiger partial charge in [0.25, 0.3) is 0 Å². The van der Waals surface area contributed by atoms with Crippen molar-refractivity contribution in [3.63, 3.8) is 0 Å². The molecule has 0 saturated heterocycles. The van der Waals surface area contributed by atoms with Gasteiger partial charge in [-0.1, -0.05) is 0 Å². The van der Waals surface area contributed by atoms with E-state index >= 15 is 0 Å². The molecule has 4 heteroatoms. The van der Waals surface area contributed by atoms with E-state index in [9.17, 15) is 0 Å². The van der Waals surface area contributed by atoms with Crippen LogP contribution in [-0.2, 0) is 12.8 Å². The standard InChI is InChI=1S/C15H19N3S/c1-18(2)12-6-3-10(4-7-12)15-17-13-8-5-11(16)9-14(13)19-15/h3-4,6-7,11H,5,8-9,16H2,1-2H3. The van der Waals surface area contributed by atoms with Gasteiger partial charge in [0.1, 0.15) is 5.01 Å². The van der Waals surface area contributed by atoms with Crippen LogP contribution in [0.3, 0.4) is 0 Å². The van der Waals surface area contributed by atoms with Crippen LogP contribution < -0.4 is 10.6 Å². The maximum atomic E-state index is 6.02. The van der Waals surface area contributed by atoms with Crippen LogP contribution in [0.4, 0.5) is 5.69 Å². The fourth-order valence-electron chi connectivity index (χ4n) is 2.43. The predicted octanol–water partition coefficient (Wildman–Crippen LogP) is 2.69. The van der Waals surface area contributed by atoms with E-state index in [0.717, 1.165) is 24.3 Å². The van der Waals surface area contributed by atoms with Gasteiger partial charge in [0.15, 0.2) is 0 Å². The first-order chi connectivity index (χ1) is 9.13. The van der Waals surface area contributed by atoms with Crippen LogP contribution in [-0.4, -0.2) is 25.1 Å². The van der Waals surface area contributed by atoms with Crippen LogP contribution in [0.5, 0.6) is 0 Å². The molecule has 1 unspecified atom stereocenters. The summed E-state index contributed by atoms with van der Waals surface area (Å²) in [5, 5.41) is 1.13. The zero-order valence-electron chi connectivity index (χ0n) is 11.4. The molecule has 1 atom stereocenters. The Morgan fingerprint density at radius 2 is 2.00 bits per heavy atom. The zero-order chi connectivity index (χ0) is 13.4. The molecule has 1 aromatic heterocycles. The lowest BCUT2D eigenvalue weighted by atomic mass is 9.99. The molecular formula is C15H19N3S. The summed E-state index contributed by atoms with van der Waals surface area (Å²) in [5.41, 5.74) is 9.71. The quantitative estimate of drug-likeness (QED) is 0.914. The smallest absolute Gasteiger partial charge is 0.123 e. The van der Waals surface area contributed by atoms with Crippen molar-refractivity contribution in [2.24, 2.45) is 5.73 Å². The molecule has 19 heavy (non-hydrogen) atoms. The van der Waals surface area contributed by atoms with Crippen molar-refractivity contribution < 1.29 is 0 Å². The summed E-state index contributed by atoms with van der Waals surface area (Å²) in [6.07, 6.45) is 3.08. The molecule has 1 aliphatic carbocycles. The molecule has 0 bridgehead atoms. The molecule has 1 aliphatic rings. The Morgan fingerprint density at radius 1 is 1.26 bits per heavy atom. The third-order valence-corrected chi connectivity index (χ3v) is 4.78. The lowest BCUT2D eigenvalue weighted by Gasteiger charge is -2.15. The van der Waals surface area contributed by atoms with E-state index in [1.807, 2.05) is 0 Å². The van der Waals surface area contributed by atoms with Crippen LogP contribution in [0.25, 0.3) is 10.6 Å². The minimum Gasteiger partial charge on any atom is -0.378 e. The largest absolute Gasteiger partial charge is 0.378 e. The SMILES string of the molecule is CN(C)c1ccc(-c2nc3c(s2)CC(N)CC3)cc1. The molecule has 1 heterocycles. The molecule has 100 valence electrons. The van der Waals surface area contributed by atoms with Crippen molar-refractivity contribution in [2.75, 3.05) is 19.0 Å². The second-order valence-corrected chi connectivity index (χ2v) is 6.42. The predicted molar refractivity (Wildman–Crippen MR) is 81.9 cm³/mol. The Balaban J connectivity index is 1.90. The first-order valence-electron chi connectivity index (χ1n) is 6.65. The van der Waals surface area contributed by atoms with Gasteiger partial charge in [-0.15, -0.1) is 11.3 Å². The first-order valence-corrected chi connectivity index (χ1v) is 7.47. The highest BCUT2D eigenvalue weighted by atomic mass is 32.1. The number of nitrogens with zero attached hydrogens (tertiary/aromatic N) is 2. The van der Waals surface area contributed by atoms with Gasteiger partial charge in [0.2, 0.25) is 0 Å². The minimum atomic E-state index is 0.317. The summed E-state index contributed by atoms with van der Waals surface area (Å²) in [7, 11) is 4.11.